The van der Waals surface area contributed by atoms with Crippen LogP contribution in [0.15, 0.2) is 28.9 Å². The fraction of sp³-hybridized carbons (Fsp3) is 0.385. The van der Waals surface area contributed by atoms with Gasteiger partial charge in [0.2, 0.25) is 11.7 Å². The van der Waals surface area contributed by atoms with Gasteiger partial charge < -0.3 is 14.7 Å². The maximum absolute atomic E-state index is 11.1. The summed E-state index contributed by atoms with van der Waals surface area (Å²) in [7, 11) is 0. The zero-order valence-corrected chi connectivity index (χ0v) is 11.1. The second-order valence-corrected chi connectivity index (χ2v) is 4.90. The van der Waals surface area contributed by atoms with Gasteiger partial charge in [-0.25, -0.2) is 0 Å². The molecule has 1 aliphatic rings. The smallest absolute Gasteiger partial charge is 0.321 e. The predicted octanol–water partition coefficient (Wildman–Crippen LogP) is 0.151. The fourth-order valence-corrected chi connectivity index (χ4v) is 2.40. The molecule has 0 saturated carbocycles. The van der Waals surface area contributed by atoms with E-state index >= 15 is 0 Å². The van der Waals surface area contributed by atoms with Gasteiger partial charge in [0.1, 0.15) is 11.7 Å². The van der Waals surface area contributed by atoms with Gasteiger partial charge >= 0.3 is 5.97 Å². The lowest BCUT2D eigenvalue weighted by Crippen LogP contribution is -2.35. The average Bonchev–Trinajstić information content (AvgIpc) is 3.07. The van der Waals surface area contributed by atoms with Crippen molar-refractivity contribution in [2.24, 2.45) is 0 Å². The minimum atomic E-state index is -0.962. The molecule has 2 unspecified atom stereocenters. The average molecular weight is 290 g/mol. The summed E-state index contributed by atoms with van der Waals surface area (Å²) in [5.74, 6) is -0.302. The minimum absolute atomic E-state index is 0.188. The lowest BCUT2D eigenvalue weighted by atomic mass is 10.2. The molecule has 0 radical (unpaired) electrons. The molecule has 0 aromatic carbocycles. The van der Waals surface area contributed by atoms with Crippen LogP contribution in [0.5, 0.6) is 0 Å². The molecule has 0 amide bonds. The molecule has 3 rings (SSSR count). The SMILES string of the molecule is O=C(O)C1CC(O)CN1Cc1nc(-c2ccccn2)no1. The van der Waals surface area contributed by atoms with E-state index in [0.29, 0.717) is 17.4 Å². The van der Waals surface area contributed by atoms with Crippen LogP contribution in [0, 0.1) is 0 Å². The van der Waals surface area contributed by atoms with Crippen molar-refractivity contribution in [2.45, 2.75) is 25.1 Å². The number of carbonyl (C=O) groups is 1. The van der Waals surface area contributed by atoms with E-state index in [0.717, 1.165) is 0 Å². The highest BCUT2D eigenvalue weighted by Crippen LogP contribution is 2.21. The molecule has 0 spiro atoms. The number of nitrogens with zero attached hydrogens (tertiary/aromatic N) is 4. The van der Waals surface area contributed by atoms with Crippen LogP contribution in [0.3, 0.4) is 0 Å². The fourth-order valence-electron chi connectivity index (χ4n) is 2.40. The normalized spacial score (nSPS) is 22.5. The summed E-state index contributed by atoms with van der Waals surface area (Å²) >= 11 is 0. The third-order valence-corrected chi connectivity index (χ3v) is 3.37. The standard InChI is InChI=1S/C13H14N4O4/c18-8-5-10(13(19)20)17(6-8)7-11-15-12(16-21-11)9-3-1-2-4-14-9/h1-4,8,10,18H,5-7H2,(H,19,20). The zero-order chi connectivity index (χ0) is 14.8. The summed E-state index contributed by atoms with van der Waals surface area (Å²) in [5, 5.41) is 22.6. The van der Waals surface area contributed by atoms with Gasteiger partial charge in [0.25, 0.3) is 0 Å². The first-order valence-electron chi connectivity index (χ1n) is 6.52. The number of pyridine rings is 1. The van der Waals surface area contributed by atoms with E-state index in [-0.39, 0.29) is 19.5 Å². The van der Waals surface area contributed by atoms with E-state index in [1.807, 2.05) is 6.07 Å². The molecule has 3 heterocycles. The van der Waals surface area contributed by atoms with Crippen molar-refractivity contribution in [3.8, 4) is 11.5 Å². The number of aromatic nitrogens is 3. The Bertz CT molecular complexity index is 630. The first kappa shape index (κ1) is 13.7. The largest absolute Gasteiger partial charge is 0.480 e. The highest BCUT2D eigenvalue weighted by molar-refractivity contribution is 5.74. The molecule has 1 saturated heterocycles. The number of β-amino-alcohol motifs (C(OH)–C–C–N with tert-alkyl or cyclic N) is 1. The van der Waals surface area contributed by atoms with Gasteiger partial charge in [-0.2, -0.15) is 4.98 Å². The number of likely N-dealkylation sites (tertiary alicyclic amines) is 1. The van der Waals surface area contributed by atoms with Crippen LogP contribution in [-0.4, -0.2) is 54.9 Å². The first-order valence-corrected chi connectivity index (χ1v) is 6.52. The second kappa shape index (κ2) is 5.58. The summed E-state index contributed by atoms with van der Waals surface area (Å²) in [6, 6.07) is 4.63. The van der Waals surface area contributed by atoms with Gasteiger partial charge in [0, 0.05) is 19.2 Å². The van der Waals surface area contributed by atoms with Crippen LogP contribution < -0.4 is 0 Å². The van der Waals surface area contributed by atoms with E-state index in [9.17, 15) is 9.90 Å². The molecule has 2 N–H and O–H groups in total. The molecular weight excluding hydrogens is 276 g/mol. The van der Waals surface area contributed by atoms with E-state index in [1.54, 1.807) is 23.2 Å². The highest BCUT2D eigenvalue weighted by atomic mass is 16.5. The zero-order valence-electron chi connectivity index (χ0n) is 11.1. The van der Waals surface area contributed by atoms with E-state index in [2.05, 4.69) is 15.1 Å². The second-order valence-electron chi connectivity index (χ2n) is 4.90. The van der Waals surface area contributed by atoms with Crippen LogP contribution in [0.1, 0.15) is 12.3 Å². The third kappa shape index (κ3) is 2.91. The summed E-state index contributed by atoms with van der Waals surface area (Å²) < 4.78 is 5.13. The van der Waals surface area contributed by atoms with Gasteiger partial charge in [-0.15, -0.1) is 0 Å². The summed E-state index contributed by atoms with van der Waals surface area (Å²) in [6.07, 6.45) is 1.18. The van der Waals surface area contributed by atoms with Gasteiger partial charge in [0.15, 0.2) is 0 Å². The van der Waals surface area contributed by atoms with Crippen molar-refractivity contribution in [3.05, 3.63) is 30.3 Å². The van der Waals surface area contributed by atoms with Gasteiger partial charge in [-0.1, -0.05) is 11.2 Å². The van der Waals surface area contributed by atoms with Crippen molar-refractivity contribution in [1.29, 1.82) is 0 Å². The summed E-state index contributed by atoms with van der Waals surface area (Å²) in [5.41, 5.74) is 0.587. The number of carboxylic acids is 1. The maximum atomic E-state index is 11.1. The van der Waals surface area contributed by atoms with Crippen LogP contribution in [0.2, 0.25) is 0 Å². The molecule has 8 nitrogen and oxygen atoms in total. The van der Waals surface area contributed by atoms with Crippen LogP contribution in [0.25, 0.3) is 11.5 Å². The molecular formula is C13H14N4O4. The first-order chi connectivity index (χ1) is 10.1. The number of hydrogen-bond acceptors (Lipinski definition) is 7. The number of rotatable bonds is 4. The van der Waals surface area contributed by atoms with E-state index < -0.39 is 18.1 Å². The minimum Gasteiger partial charge on any atom is -0.480 e. The number of aliphatic hydroxyl groups excluding tert-OH is 1. The van der Waals surface area contributed by atoms with Crippen molar-refractivity contribution in [1.82, 2.24) is 20.0 Å². The monoisotopic (exact) mass is 290 g/mol. The van der Waals surface area contributed by atoms with Crippen LogP contribution in [-0.2, 0) is 11.3 Å². The number of aliphatic hydroxyl groups is 1. The van der Waals surface area contributed by atoms with Crippen LogP contribution in [0.4, 0.5) is 0 Å². The van der Waals surface area contributed by atoms with E-state index in [4.69, 9.17) is 9.63 Å². The molecule has 2 atom stereocenters. The number of hydrogen-bond donors (Lipinski definition) is 2. The number of carboxylic acid groups (broad SMARTS) is 1. The van der Waals surface area contributed by atoms with Crippen molar-refractivity contribution < 1.29 is 19.5 Å². The molecule has 0 bridgehead atoms. The molecule has 1 aliphatic heterocycles. The predicted molar refractivity (Wildman–Crippen MR) is 70.0 cm³/mol. The molecule has 2 aromatic rings. The van der Waals surface area contributed by atoms with Crippen molar-refractivity contribution in [2.75, 3.05) is 6.54 Å². The molecule has 1 fully saturated rings. The molecule has 0 aliphatic carbocycles. The lowest BCUT2D eigenvalue weighted by Gasteiger charge is -2.17. The molecule has 8 heteroatoms. The Morgan fingerprint density at radius 1 is 1.48 bits per heavy atom. The Morgan fingerprint density at radius 3 is 3.05 bits per heavy atom. The Kier molecular flexibility index (Phi) is 3.63. The quantitative estimate of drug-likeness (QED) is 0.818. The maximum Gasteiger partial charge on any atom is 0.321 e. The van der Waals surface area contributed by atoms with Crippen molar-refractivity contribution >= 4 is 5.97 Å². The third-order valence-electron chi connectivity index (χ3n) is 3.37. The van der Waals surface area contributed by atoms with Gasteiger partial charge in [-0.3, -0.25) is 14.7 Å². The molecule has 2 aromatic heterocycles. The Labute approximate surface area is 120 Å². The Balaban J connectivity index is 1.74. The lowest BCUT2D eigenvalue weighted by molar-refractivity contribution is -0.142. The summed E-state index contributed by atoms with van der Waals surface area (Å²) in [6.45, 7) is 0.464. The van der Waals surface area contributed by atoms with Crippen LogP contribution >= 0.6 is 0 Å². The number of aliphatic carboxylic acids is 1. The topological polar surface area (TPSA) is 113 Å². The Hall–Kier alpha value is -2.32. The summed E-state index contributed by atoms with van der Waals surface area (Å²) in [4.78, 5) is 21.1. The van der Waals surface area contributed by atoms with Crippen molar-refractivity contribution in [3.63, 3.8) is 0 Å². The van der Waals surface area contributed by atoms with E-state index in [1.165, 1.54) is 0 Å². The highest BCUT2D eigenvalue weighted by Gasteiger charge is 2.36. The molecule has 110 valence electrons. The van der Waals surface area contributed by atoms with Gasteiger partial charge in [-0.05, 0) is 12.1 Å². The molecule has 21 heavy (non-hydrogen) atoms. The Morgan fingerprint density at radius 2 is 2.33 bits per heavy atom. The van der Waals surface area contributed by atoms with Gasteiger partial charge in [0.05, 0.1) is 12.6 Å².